The number of nitrogens with one attached hydrogen (secondary N) is 1. The average Bonchev–Trinajstić information content (AvgIpc) is 2.97. The van der Waals surface area contributed by atoms with Gasteiger partial charge in [-0.15, -0.1) is 10.2 Å². The van der Waals surface area contributed by atoms with E-state index in [1.165, 1.54) is 11.8 Å². The summed E-state index contributed by atoms with van der Waals surface area (Å²) in [4.78, 5) is 14.6. The number of thioether (sulfide) groups is 1. The topological polar surface area (TPSA) is 72.3 Å². The van der Waals surface area contributed by atoms with Crippen molar-refractivity contribution in [2.45, 2.75) is 25.5 Å². The van der Waals surface area contributed by atoms with Crippen molar-refractivity contribution in [1.82, 2.24) is 19.7 Å². The zero-order chi connectivity index (χ0) is 18.5. The molecule has 0 aliphatic carbocycles. The number of hydrogen-bond donors (Lipinski definition) is 1. The Kier molecular flexibility index (Phi) is 6.29. The highest BCUT2D eigenvalue weighted by molar-refractivity contribution is 7.99. The molecule has 7 nitrogen and oxygen atoms in total. The standard InChI is InChI=1S/C18H25N5O2S/c1-13-4-5-14(2)15(10-13)19-17(24)12-26-18-21-20-16(22(18)3)11-23-6-8-25-9-7-23/h4-5,10H,6-9,11-12H2,1-3H3,(H,19,24). The molecule has 1 aliphatic heterocycles. The maximum atomic E-state index is 12.3. The van der Waals surface area contributed by atoms with Crippen LogP contribution in [0.15, 0.2) is 23.4 Å². The predicted molar refractivity (Wildman–Crippen MR) is 102 cm³/mol. The molecule has 2 aromatic rings. The van der Waals surface area contributed by atoms with E-state index in [9.17, 15) is 4.79 Å². The van der Waals surface area contributed by atoms with Gasteiger partial charge in [0.05, 0.1) is 25.5 Å². The number of ether oxygens (including phenoxy) is 1. The maximum Gasteiger partial charge on any atom is 0.234 e. The van der Waals surface area contributed by atoms with Crippen LogP contribution >= 0.6 is 11.8 Å². The minimum Gasteiger partial charge on any atom is -0.379 e. The Bertz CT molecular complexity index is 771. The molecule has 26 heavy (non-hydrogen) atoms. The van der Waals surface area contributed by atoms with Crippen LogP contribution in [0.2, 0.25) is 0 Å². The molecule has 0 unspecified atom stereocenters. The van der Waals surface area contributed by atoms with Gasteiger partial charge in [-0.25, -0.2) is 0 Å². The Morgan fingerprint density at radius 3 is 2.81 bits per heavy atom. The summed E-state index contributed by atoms with van der Waals surface area (Å²) in [6.45, 7) is 8.10. The lowest BCUT2D eigenvalue weighted by Gasteiger charge is -2.25. The van der Waals surface area contributed by atoms with Crippen molar-refractivity contribution in [1.29, 1.82) is 0 Å². The number of aromatic nitrogens is 3. The van der Waals surface area contributed by atoms with E-state index in [-0.39, 0.29) is 5.91 Å². The van der Waals surface area contributed by atoms with Crippen LogP contribution in [0, 0.1) is 13.8 Å². The molecule has 1 amide bonds. The first-order chi connectivity index (χ1) is 12.5. The van der Waals surface area contributed by atoms with Gasteiger partial charge in [0.25, 0.3) is 0 Å². The number of amides is 1. The van der Waals surface area contributed by atoms with Crippen molar-refractivity contribution in [2.24, 2.45) is 7.05 Å². The fourth-order valence-electron chi connectivity index (χ4n) is 2.75. The predicted octanol–water partition coefficient (Wildman–Crippen LogP) is 1.99. The van der Waals surface area contributed by atoms with Crippen molar-refractivity contribution >= 4 is 23.4 Å². The summed E-state index contributed by atoms with van der Waals surface area (Å²) >= 11 is 1.40. The third-order valence-electron chi connectivity index (χ3n) is 4.39. The summed E-state index contributed by atoms with van der Waals surface area (Å²) < 4.78 is 7.33. The van der Waals surface area contributed by atoms with Crippen molar-refractivity contribution in [3.05, 3.63) is 35.2 Å². The summed E-state index contributed by atoms with van der Waals surface area (Å²) in [5.41, 5.74) is 3.04. The van der Waals surface area contributed by atoms with Gasteiger partial charge in [0.1, 0.15) is 5.82 Å². The molecule has 1 aromatic heterocycles. The van der Waals surface area contributed by atoms with Gasteiger partial charge in [0.2, 0.25) is 5.91 Å². The zero-order valence-corrected chi connectivity index (χ0v) is 16.3. The molecule has 1 aliphatic rings. The third kappa shape index (κ3) is 4.84. The fraction of sp³-hybridized carbons (Fsp3) is 0.500. The summed E-state index contributed by atoms with van der Waals surface area (Å²) in [7, 11) is 1.95. The summed E-state index contributed by atoms with van der Waals surface area (Å²) in [5.74, 6) is 1.17. The lowest BCUT2D eigenvalue weighted by molar-refractivity contribution is -0.113. The molecule has 1 saturated heterocycles. The first kappa shape index (κ1) is 18.9. The minimum absolute atomic E-state index is 0.0403. The van der Waals surface area contributed by atoms with Crippen LogP contribution in [0.5, 0.6) is 0 Å². The van der Waals surface area contributed by atoms with E-state index < -0.39 is 0 Å². The van der Waals surface area contributed by atoms with Gasteiger partial charge in [0.15, 0.2) is 5.16 Å². The SMILES string of the molecule is Cc1ccc(C)c(NC(=O)CSc2nnc(CN3CCOCC3)n2C)c1. The number of aryl methyl sites for hydroxylation is 2. The number of rotatable bonds is 6. The van der Waals surface area contributed by atoms with Gasteiger partial charge in [-0.2, -0.15) is 0 Å². The van der Waals surface area contributed by atoms with E-state index in [0.717, 1.165) is 60.6 Å². The lowest BCUT2D eigenvalue weighted by Crippen LogP contribution is -2.36. The average molecular weight is 375 g/mol. The molecule has 2 heterocycles. The summed E-state index contributed by atoms with van der Waals surface area (Å²) in [6.07, 6.45) is 0. The Morgan fingerprint density at radius 1 is 1.27 bits per heavy atom. The molecule has 0 atom stereocenters. The smallest absolute Gasteiger partial charge is 0.234 e. The monoisotopic (exact) mass is 375 g/mol. The normalized spacial score (nSPS) is 15.2. The number of nitrogens with zero attached hydrogens (tertiary/aromatic N) is 4. The van der Waals surface area contributed by atoms with Gasteiger partial charge in [-0.3, -0.25) is 9.69 Å². The van der Waals surface area contributed by atoms with Crippen LogP contribution in [0.1, 0.15) is 17.0 Å². The second kappa shape index (κ2) is 8.66. The number of carbonyl (C=O) groups excluding carboxylic acids is 1. The van der Waals surface area contributed by atoms with Crippen LogP contribution in [-0.2, 0) is 23.1 Å². The summed E-state index contributed by atoms with van der Waals surface area (Å²) in [5, 5.41) is 12.2. The second-order valence-electron chi connectivity index (χ2n) is 6.50. The van der Waals surface area contributed by atoms with Gasteiger partial charge in [-0.1, -0.05) is 23.9 Å². The van der Waals surface area contributed by atoms with Crippen LogP contribution in [0.4, 0.5) is 5.69 Å². The molecule has 1 N–H and O–H groups in total. The van der Waals surface area contributed by atoms with Crippen LogP contribution < -0.4 is 5.32 Å². The van der Waals surface area contributed by atoms with Crippen LogP contribution in [0.25, 0.3) is 0 Å². The molecule has 0 radical (unpaired) electrons. The van der Waals surface area contributed by atoms with Gasteiger partial charge in [0, 0.05) is 25.8 Å². The highest BCUT2D eigenvalue weighted by atomic mass is 32.2. The van der Waals surface area contributed by atoms with Crippen molar-refractivity contribution < 1.29 is 9.53 Å². The second-order valence-corrected chi connectivity index (χ2v) is 7.44. The zero-order valence-electron chi connectivity index (χ0n) is 15.5. The Balaban J connectivity index is 1.54. The van der Waals surface area contributed by atoms with Crippen molar-refractivity contribution in [3.8, 4) is 0 Å². The lowest BCUT2D eigenvalue weighted by atomic mass is 10.1. The molecular weight excluding hydrogens is 350 g/mol. The third-order valence-corrected chi connectivity index (χ3v) is 5.41. The van der Waals surface area contributed by atoms with Crippen LogP contribution in [-0.4, -0.2) is 57.6 Å². The van der Waals surface area contributed by atoms with E-state index in [4.69, 9.17) is 4.74 Å². The van der Waals surface area contributed by atoms with Gasteiger partial charge >= 0.3 is 0 Å². The largest absolute Gasteiger partial charge is 0.379 e. The Hall–Kier alpha value is -1.90. The molecule has 0 spiro atoms. The molecule has 8 heteroatoms. The van der Waals surface area contributed by atoms with Crippen LogP contribution in [0.3, 0.4) is 0 Å². The van der Waals surface area contributed by atoms with E-state index in [2.05, 4.69) is 20.4 Å². The number of carbonyl (C=O) groups is 1. The number of hydrogen-bond acceptors (Lipinski definition) is 6. The first-order valence-electron chi connectivity index (χ1n) is 8.71. The Morgan fingerprint density at radius 2 is 2.04 bits per heavy atom. The maximum absolute atomic E-state index is 12.3. The number of benzene rings is 1. The van der Waals surface area contributed by atoms with Gasteiger partial charge < -0.3 is 14.6 Å². The highest BCUT2D eigenvalue weighted by Gasteiger charge is 2.16. The molecule has 140 valence electrons. The van der Waals surface area contributed by atoms with E-state index in [1.54, 1.807) is 0 Å². The van der Waals surface area contributed by atoms with E-state index in [1.807, 2.05) is 43.7 Å². The van der Waals surface area contributed by atoms with Gasteiger partial charge in [-0.05, 0) is 31.0 Å². The van der Waals surface area contributed by atoms with E-state index in [0.29, 0.717) is 5.75 Å². The quantitative estimate of drug-likeness (QED) is 0.779. The molecular formula is C18H25N5O2S. The van der Waals surface area contributed by atoms with Crippen molar-refractivity contribution in [2.75, 3.05) is 37.4 Å². The first-order valence-corrected chi connectivity index (χ1v) is 9.70. The molecule has 0 saturated carbocycles. The molecule has 3 rings (SSSR count). The minimum atomic E-state index is -0.0403. The summed E-state index contributed by atoms with van der Waals surface area (Å²) in [6, 6.07) is 6.04. The highest BCUT2D eigenvalue weighted by Crippen LogP contribution is 2.19. The molecule has 1 fully saturated rings. The Labute approximate surface area is 158 Å². The number of anilines is 1. The van der Waals surface area contributed by atoms with Crippen molar-refractivity contribution in [3.63, 3.8) is 0 Å². The fourth-order valence-corrected chi connectivity index (χ4v) is 3.48. The molecule has 0 bridgehead atoms. The molecule has 1 aromatic carbocycles. The number of morpholine rings is 1. The van der Waals surface area contributed by atoms with E-state index >= 15 is 0 Å².